The first-order valence-corrected chi connectivity index (χ1v) is 6.51. The summed E-state index contributed by atoms with van der Waals surface area (Å²) in [5.74, 6) is -0.513. The standard InChI is InChI=1S/C15H23NO3/c1-6-11(15(17)18)14(16-4)13-10(3)7-9(2)8-12(13)19-5/h7-8,11,14,16H,6H2,1-5H3,(H,17,18). The van der Waals surface area contributed by atoms with Crippen LogP contribution in [-0.2, 0) is 4.79 Å². The van der Waals surface area contributed by atoms with Gasteiger partial charge in [-0.25, -0.2) is 0 Å². The minimum Gasteiger partial charge on any atom is -0.496 e. The summed E-state index contributed by atoms with van der Waals surface area (Å²) in [6.07, 6.45) is 0.567. The summed E-state index contributed by atoms with van der Waals surface area (Å²) in [5.41, 5.74) is 3.09. The Bertz CT molecular complexity index is 457. The Morgan fingerprint density at radius 2 is 2.05 bits per heavy atom. The van der Waals surface area contributed by atoms with Crippen LogP contribution in [0.5, 0.6) is 5.75 Å². The van der Waals surface area contributed by atoms with E-state index in [1.54, 1.807) is 14.2 Å². The molecule has 106 valence electrons. The molecule has 2 atom stereocenters. The van der Waals surface area contributed by atoms with Crippen molar-refractivity contribution in [3.05, 3.63) is 28.8 Å². The average molecular weight is 265 g/mol. The maximum atomic E-state index is 11.4. The Hall–Kier alpha value is -1.55. The quantitative estimate of drug-likeness (QED) is 0.830. The summed E-state index contributed by atoms with van der Waals surface area (Å²) < 4.78 is 5.43. The van der Waals surface area contributed by atoms with Crippen molar-refractivity contribution >= 4 is 5.97 Å². The van der Waals surface area contributed by atoms with Crippen molar-refractivity contribution < 1.29 is 14.6 Å². The lowest BCUT2D eigenvalue weighted by Gasteiger charge is -2.26. The number of aliphatic carboxylic acids is 1. The summed E-state index contributed by atoms with van der Waals surface area (Å²) in [7, 11) is 3.40. The van der Waals surface area contributed by atoms with E-state index in [0.29, 0.717) is 6.42 Å². The number of hydrogen-bond acceptors (Lipinski definition) is 3. The van der Waals surface area contributed by atoms with Crippen LogP contribution in [0.1, 0.15) is 36.1 Å². The second-order valence-electron chi connectivity index (χ2n) is 4.82. The first-order chi connectivity index (χ1) is 8.96. The molecule has 0 saturated carbocycles. The zero-order chi connectivity index (χ0) is 14.6. The summed E-state index contributed by atoms with van der Waals surface area (Å²) in [4.78, 5) is 11.4. The van der Waals surface area contributed by atoms with Gasteiger partial charge in [0, 0.05) is 11.6 Å². The zero-order valence-electron chi connectivity index (χ0n) is 12.3. The van der Waals surface area contributed by atoms with Gasteiger partial charge in [-0.15, -0.1) is 0 Å². The van der Waals surface area contributed by atoms with E-state index in [1.807, 2.05) is 26.8 Å². The number of benzene rings is 1. The van der Waals surface area contributed by atoms with E-state index in [2.05, 4.69) is 11.4 Å². The predicted molar refractivity (Wildman–Crippen MR) is 75.7 cm³/mol. The molecule has 0 heterocycles. The maximum absolute atomic E-state index is 11.4. The number of nitrogens with one attached hydrogen (secondary N) is 1. The third-order valence-corrected chi connectivity index (χ3v) is 3.49. The number of aryl methyl sites for hydroxylation is 2. The van der Waals surface area contributed by atoms with Crippen LogP contribution in [0.25, 0.3) is 0 Å². The average Bonchev–Trinajstić information content (AvgIpc) is 2.35. The molecule has 0 spiro atoms. The highest BCUT2D eigenvalue weighted by Crippen LogP contribution is 2.35. The Kier molecular flexibility index (Phi) is 5.36. The molecule has 4 nitrogen and oxygen atoms in total. The van der Waals surface area contributed by atoms with Gasteiger partial charge in [0.1, 0.15) is 5.75 Å². The van der Waals surface area contributed by atoms with Gasteiger partial charge in [-0.3, -0.25) is 4.79 Å². The third kappa shape index (κ3) is 3.26. The first kappa shape index (κ1) is 15.5. The molecule has 1 aromatic carbocycles. The van der Waals surface area contributed by atoms with Gasteiger partial charge in [0.15, 0.2) is 0 Å². The van der Waals surface area contributed by atoms with Crippen LogP contribution in [0.3, 0.4) is 0 Å². The molecule has 4 heteroatoms. The zero-order valence-corrected chi connectivity index (χ0v) is 12.3. The highest BCUT2D eigenvalue weighted by atomic mass is 16.5. The van der Waals surface area contributed by atoms with Crippen LogP contribution in [0.4, 0.5) is 0 Å². The summed E-state index contributed by atoms with van der Waals surface area (Å²) in [5, 5.41) is 12.5. The van der Waals surface area contributed by atoms with Crippen LogP contribution >= 0.6 is 0 Å². The molecule has 1 rings (SSSR count). The molecule has 0 aliphatic rings. The van der Waals surface area contributed by atoms with Crippen LogP contribution in [0.2, 0.25) is 0 Å². The van der Waals surface area contributed by atoms with E-state index in [0.717, 1.165) is 22.4 Å². The Labute approximate surface area is 114 Å². The summed E-state index contributed by atoms with van der Waals surface area (Å²) in [6.45, 7) is 5.88. The SMILES string of the molecule is CCC(C(=O)O)C(NC)c1c(C)cc(C)cc1OC. The molecule has 2 unspecified atom stereocenters. The third-order valence-electron chi connectivity index (χ3n) is 3.49. The minimum atomic E-state index is -0.788. The number of rotatable bonds is 6. The number of methoxy groups -OCH3 is 1. The monoisotopic (exact) mass is 265 g/mol. The number of carboxylic acids is 1. The molecule has 0 aliphatic heterocycles. The highest BCUT2D eigenvalue weighted by molar-refractivity contribution is 5.71. The Morgan fingerprint density at radius 1 is 1.42 bits per heavy atom. The normalized spacial score (nSPS) is 13.9. The number of carboxylic acid groups (broad SMARTS) is 1. The van der Waals surface area contributed by atoms with Gasteiger partial charge in [0.2, 0.25) is 0 Å². The minimum absolute atomic E-state index is 0.252. The lowest BCUT2D eigenvalue weighted by Crippen LogP contribution is -2.31. The van der Waals surface area contributed by atoms with Crippen molar-refractivity contribution in [3.8, 4) is 5.75 Å². The highest BCUT2D eigenvalue weighted by Gasteiger charge is 2.30. The van der Waals surface area contributed by atoms with Gasteiger partial charge < -0.3 is 15.2 Å². The predicted octanol–water partition coefficient (Wildman–Crippen LogP) is 2.68. The maximum Gasteiger partial charge on any atom is 0.308 e. The van der Waals surface area contributed by atoms with E-state index in [1.165, 1.54) is 0 Å². The largest absolute Gasteiger partial charge is 0.496 e. The van der Waals surface area contributed by atoms with Crippen molar-refractivity contribution in [1.82, 2.24) is 5.32 Å². The topological polar surface area (TPSA) is 58.6 Å². The van der Waals surface area contributed by atoms with Gasteiger partial charge >= 0.3 is 5.97 Å². The lowest BCUT2D eigenvalue weighted by atomic mass is 9.87. The van der Waals surface area contributed by atoms with E-state index in [-0.39, 0.29) is 6.04 Å². The van der Waals surface area contributed by atoms with Crippen molar-refractivity contribution in [3.63, 3.8) is 0 Å². The van der Waals surface area contributed by atoms with Crippen molar-refractivity contribution in [2.75, 3.05) is 14.2 Å². The van der Waals surface area contributed by atoms with E-state index >= 15 is 0 Å². The molecule has 0 radical (unpaired) electrons. The van der Waals surface area contributed by atoms with Gasteiger partial charge in [0.25, 0.3) is 0 Å². The number of hydrogen-bond donors (Lipinski definition) is 2. The van der Waals surface area contributed by atoms with Crippen molar-refractivity contribution in [1.29, 1.82) is 0 Å². The van der Waals surface area contributed by atoms with Crippen molar-refractivity contribution in [2.45, 2.75) is 33.2 Å². The summed E-state index contributed by atoms with van der Waals surface area (Å²) >= 11 is 0. The second kappa shape index (κ2) is 6.57. The van der Waals surface area contributed by atoms with E-state index in [9.17, 15) is 9.90 Å². The van der Waals surface area contributed by atoms with E-state index in [4.69, 9.17) is 4.74 Å². The van der Waals surface area contributed by atoms with Gasteiger partial charge in [0.05, 0.1) is 13.0 Å². The Balaban J connectivity index is 3.35. The fourth-order valence-electron chi connectivity index (χ4n) is 2.61. The number of ether oxygens (including phenoxy) is 1. The molecule has 0 saturated heterocycles. The molecule has 0 fully saturated rings. The molecule has 2 N–H and O–H groups in total. The van der Waals surface area contributed by atoms with Crippen LogP contribution in [0.15, 0.2) is 12.1 Å². The first-order valence-electron chi connectivity index (χ1n) is 6.51. The van der Waals surface area contributed by atoms with Crippen molar-refractivity contribution in [2.24, 2.45) is 5.92 Å². The number of carbonyl (C=O) groups is 1. The van der Waals surface area contributed by atoms with E-state index < -0.39 is 11.9 Å². The fourth-order valence-corrected chi connectivity index (χ4v) is 2.61. The second-order valence-corrected chi connectivity index (χ2v) is 4.82. The van der Waals surface area contributed by atoms with Crippen LogP contribution < -0.4 is 10.1 Å². The summed E-state index contributed by atoms with van der Waals surface area (Å²) in [6, 6.07) is 3.75. The van der Waals surface area contributed by atoms with Crippen LogP contribution in [0, 0.1) is 19.8 Å². The molecule has 0 aromatic heterocycles. The Morgan fingerprint density at radius 3 is 2.47 bits per heavy atom. The van der Waals surface area contributed by atoms with Crippen LogP contribution in [-0.4, -0.2) is 25.2 Å². The molecule has 0 amide bonds. The lowest BCUT2D eigenvalue weighted by molar-refractivity contribution is -0.143. The van der Waals surface area contributed by atoms with Gasteiger partial charge in [-0.05, 0) is 44.5 Å². The molecule has 19 heavy (non-hydrogen) atoms. The van der Waals surface area contributed by atoms with Gasteiger partial charge in [-0.1, -0.05) is 13.0 Å². The molecule has 0 bridgehead atoms. The molecule has 0 aliphatic carbocycles. The molecule has 1 aromatic rings. The molecular formula is C15H23NO3. The smallest absolute Gasteiger partial charge is 0.308 e. The fraction of sp³-hybridized carbons (Fsp3) is 0.533. The van der Waals surface area contributed by atoms with Gasteiger partial charge in [-0.2, -0.15) is 0 Å². The molecular weight excluding hydrogens is 242 g/mol.